The Morgan fingerprint density at radius 3 is 2.89 bits per heavy atom. The molecular formula is C19H20FN3O4. The van der Waals surface area contributed by atoms with Crippen molar-refractivity contribution in [2.45, 2.75) is 37.8 Å². The summed E-state index contributed by atoms with van der Waals surface area (Å²) in [6.07, 6.45) is 1.80. The largest absolute Gasteiger partial charge is 0.442 e. The van der Waals surface area contributed by atoms with Crippen molar-refractivity contribution < 1.29 is 18.7 Å². The van der Waals surface area contributed by atoms with E-state index in [9.17, 15) is 18.8 Å². The normalized spacial score (nSPS) is 19.4. The smallest absolute Gasteiger partial charge is 0.410 e. The Morgan fingerprint density at radius 2 is 2.11 bits per heavy atom. The van der Waals surface area contributed by atoms with Gasteiger partial charge in [-0.1, -0.05) is 0 Å². The van der Waals surface area contributed by atoms with Crippen LogP contribution in [0.25, 0.3) is 10.9 Å². The van der Waals surface area contributed by atoms with Gasteiger partial charge in [-0.3, -0.25) is 9.59 Å². The number of halogens is 1. The lowest BCUT2D eigenvalue weighted by atomic mass is 10.1. The molecule has 2 aliphatic rings. The summed E-state index contributed by atoms with van der Waals surface area (Å²) in [4.78, 5) is 40.2. The van der Waals surface area contributed by atoms with Gasteiger partial charge < -0.3 is 19.9 Å². The van der Waals surface area contributed by atoms with E-state index < -0.39 is 5.82 Å². The number of amides is 2. The first-order chi connectivity index (χ1) is 13.0. The van der Waals surface area contributed by atoms with E-state index in [4.69, 9.17) is 4.74 Å². The number of fused-ring (bicyclic) bond motifs is 1. The zero-order valence-corrected chi connectivity index (χ0v) is 14.7. The summed E-state index contributed by atoms with van der Waals surface area (Å²) in [7, 11) is 0. The molecule has 27 heavy (non-hydrogen) atoms. The van der Waals surface area contributed by atoms with Crippen LogP contribution in [0.2, 0.25) is 0 Å². The SMILES string of the molecule is O=C(CCc1cc2ccc(F)cc2[nH]c1=O)NCC1CN(C2CC2)C(=O)O1. The number of hydrogen-bond donors (Lipinski definition) is 2. The molecule has 2 amide bonds. The molecule has 142 valence electrons. The molecule has 1 atom stereocenters. The number of nitrogens with zero attached hydrogens (tertiary/aromatic N) is 1. The van der Waals surface area contributed by atoms with Crippen molar-refractivity contribution in [3.05, 3.63) is 46.0 Å². The van der Waals surface area contributed by atoms with Gasteiger partial charge in [-0.25, -0.2) is 9.18 Å². The van der Waals surface area contributed by atoms with E-state index in [1.54, 1.807) is 17.0 Å². The molecule has 1 aliphatic heterocycles. The van der Waals surface area contributed by atoms with Gasteiger partial charge in [-0.05, 0) is 48.9 Å². The number of H-pyrrole nitrogens is 1. The van der Waals surface area contributed by atoms with E-state index in [1.807, 2.05) is 0 Å². The van der Waals surface area contributed by atoms with Gasteiger partial charge in [-0.2, -0.15) is 0 Å². The fraction of sp³-hybridized carbons (Fsp3) is 0.421. The van der Waals surface area contributed by atoms with Crippen LogP contribution in [0.4, 0.5) is 9.18 Å². The highest BCUT2D eigenvalue weighted by Gasteiger charge is 2.40. The summed E-state index contributed by atoms with van der Waals surface area (Å²) in [5.41, 5.74) is 0.568. The van der Waals surface area contributed by atoms with Gasteiger partial charge >= 0.3 is 6.09 Å². The number of aryl methyl sites for hydroxylation is 1. The molecule has 1 saturated carbocycles. The van der Waals surface area contributed by atoms with Gasteiger partial charge in [0.15, 0.2) is 0 Å². The van der Waals surface area contributed by atoms with Crippen molar-refractivity contribution in [3.63, 3.8) is 0 Å². The highest BCUT2D eigenvalue weighted by molar-refractivity contribution is 5.79. The Hall–Kier alpha value is -2.90. The monoisotopic (exact) mass is 373 g/mol. The van der Waals surface area contributed by atoms with E-state index in [-0.39, 0.29) is 43.1 Å². The van der Waals surface area contributed by atoms with E-state index in [1.165, 1.54) is 12.1 Å². The van der Waals surface area contributed by atoms with E-state index in [0.717, 1.165) is 12.8 Å². The average molecular weight is 373 g/mol. The molecule has 2 heterocycles. The number of aromatic amines is 1. The number of benzene rings is 1. The second-order valence-corrected chi connectivity index (χ2v) is 7.05. The van der Waals surface area contributed by atoms with Gasteiger partial charge in [0.1, 0.15) is 11.9 Å². The van der Waals surface area contributed by atoms with Crippen LogP contribution >= 0.6 is 0 Å². The third kappa shape index (κ3) is 3.94. The minimum Gasteiger partial charge on any atom is -0.442 e. The molecule has 2 N–H and O–H groups in total. The molecular weight excluding hydrogens is 353 g/mol. The Labute approximate surface area is 154 Å². The fourth-order valence-electron chi connectivity index (χ4n) is 3.30. The first-order valence-electron chi connectivity index (χ1n) is 9.05. The van der Waals surface area contributed by atoms with Crippen molar-refractivity contribution >= 4 is 22.9 Å². The molecule has 1 aliphatic carbocycles. The van der Waals surface area contributed by atoms with Crippen LogP contribution in [0.15, 0.2) is 29.1 Å². The van der Waals surface area contributed by atoms with Crippen molar-refractivity contribution in [2.24, 2.45) is 0 Å². The Balaban J connectivity index is 1.30. The molecule has 0 spiro atoms. The highest BCUT2D eigenvalue weighted by Crippen LogP contribution is 2.30. The summed E-state index contributed by atoms with van der Waals surface area (Å²) in [5.74, 6) is -0.632. The number of cyclic esters (lactones) is 1. The second kappa shape index (κ2) is 7.02. The summed E-state index contributed by atoms with van der Waals surface area (Å²) in [5, 5.41) is 3.47. The van der Waals surface area contributed by atoms with Crippen LogP contribution in [-0.4, -0.2) is 47.1 Å². The summed E-state index contributed by atoms with van der Waals surface area (Å²) in [6.45, 7) is 0.770. The van der Waals surface area contributed by atoms with Crippen molar-refractivity contribution in [1.82, 2.24) is 15.2 Å². The zero-order chi connectivity index (χ0) is 19.0. The third-order valence-corrected chi connectivity index (χ3v) is 4.92. The number of nitrogens with one attached hydrogen (secondary N) is 2. The lowest BCUT2D eigenvalue weighted by molar-refractivity contribution is -0.121. The van der Waals surface area contributed by atoms with Crippen molar-refractivity contribution in [3.8, 4) is 0 Å². The molecule has 1 unspecified atom stereocenters. The minimum atomic E-state index is -0.418. The van der Waals surface area contributed by atoms with Crippen molar-refractivity contribution in [1.29, 1.82) is 0 Å². The molecule has 2 aromatic rings. The number of hydrogen-bond acceptors (Lipinski definition) is 4. The molecule has 7 nitrogen and oxygen atoms in total. The minimum absolute atomic E-state index is 0.142. The summed E-state index contributed by atoms with van der Waals surface area (Å²) >= 11 is 0. The molecule has 1 aromatic carbocycles. The van der Waals surface area contributed by atoms with E-state index >= 15 is 0 Å². The topological polar surface area (TPSA) is 91.5 Å². The van der Waals surface area contributed by atoms with Crippen LogP contribution in [-0.2, 0) is 16.0 Å². The van der Waals surface area contributed by atoms with Crippen LogP contribution in [0, 0.1) is 5.82 Å². The highest BCUT2D eigenvalue weighted by atomic mass is 19.1. The maximum absolute atomic E-state index is 13.2. The number of ether oxygens (including phenoxy) is 1. The fourth-order valence-corrected chi connectivity index (χ4v) is 3.30. The van der Waals surface area contributed by atoms with Crippen LogP contribution in [0.5, 0.6) is 0 Å². The summed E-state index contributed by atoms with van der Waals surface area (Å²) in [6, 6.07) is 6.15. The standard InChI is InChI=1S/C19H20FN3O4/c20-13-3-1-11-7-12(18(25)22-16(11)8-13)2-6-17(24)21-9-15-10-23(14-4-5-14)19(26)27-15/h1,3,7-8,14-15H,2,4-6,9-10H2,(H,21,24)(H,22,25). The Morgan fingerprint density at radius 1 is 1.30 bits per heavy atom. The number of rotatable bonds is 6. The number of aromatic nitrogens is 1. The molecule has 0 radical (unpaired) electrons. The second-order valence-electron chi connectivity index (χ2n) is 7.05. The number of carbonyl (C=O) groups excluding carboxylic acids is 2. The van der Waals surface area contributed by atoms with Gasteiger partial charge in [-0.15, -0.1) is 0 Å². The zero-order valence-electron chi connectivity index (χ0n) is 14.7. The van der Waals surface area contributed by atoms with Crippen LogP contribution in [0.1, 0.15) is 24.8 Å². The maximum atomic E-state index is 13.2. The first-order valence-corrected chi connectivity index (χ1v) is 9.05. The average Bonchev–Trinajstić information content (AvgIpc) is 3.41. The lowest BCUT2D eigenvalue weighted by Crippen LogP contribution is -2.35. The number of carbonyl (C=O) groups is 2. The van der Waals surface area contributed by atoms with Gasteiger partial charge in [0, 0.05) is 18.0 Å². The van der Waals surface area contributed by atoms with Gasteiger partial charge in [0.05, 0.1) is 18.6 Å². The van der Waals surface area contributed by atoms with E-state index in [2.05, 4.69) is 10.3 Å². The molecule has 2 fully saturated rings. The van der Waals surface area contributed by atoms with E-state index in [0.29, 0.717) is 29.1 Å². The first kappa shape index (κ1) is 17.5. The molecule has 8 heteroatoms. The number of pyridine rings is 1. The Kier molecular flexibility index (Phi) is 4.55. The molecule has 0 bridgehead atoms. The maximum Gasteiger partial charge on any atom is 0.410 e. The predicted octanol–water partition coefficient (Wildman–Crippen LogP) is 1.70. The van der Waals surface area contributed by atoms with Gasteiger partial charge in [0.25, 0.3) is 5.56 Å². The third-order valence-electron chi connectivity index (χ3n) is 4.92. The lowest BCUT2D eigenvalue weighted by Gasteiger charge is -2.11. The van der Waals surface area contributed by atoms with Crippen molar-refractivity contribution in [2.75, 3.05) is 13.1 Å². The quantitative estimate of drug-likeness (QED) is 0.806. The molecule has 1 saturated heterocycles. The Bertz CT molecular complexity index is 954. The molecule has 1 aromatic heterocycles. The molecule has 4 rings (SSSR count). The van der Waals surface area contributed by atoms with Crippen LogP contribution in [0.3, 0.4) is 0 Å². The predicted molar refractivity (Wildman–Crippen MR) is 95.9 cm³/mol. The summed E-state index contributed by atoms with van der Waals surface area (Å²) < 4.78 is 18.5. The van der Waals surface area contributed by atoms with Gasteiger partial charge in [0.2, 0.25) is 5.91 Å². The van der Waals surface area contributed by atoms with Crippen LogP contribution < -0.4 is 10.9 Å².